The maximum Gasteiger partial charge on any atom is 0.250 e. The van der Waals surface area contributed by atoms with Crippen molar-refractivity contribution in [3.63, 3.8) is 0 Å². The maximum absolute atomic E-state index is 11.5. The van der Waals surface area contributed by atoms with Crippen LogP contribution < -0.4 is 11.1 Å². The Balaban J connectivity index is 1.64. The van der Waals surface area contributed by atoms with Crippen LogP contribution >= 0.6 is 0 Å². The van der Waals surface area contributed by atoms with Gasteiger partial charge in [-0.25, -0.2) is 4.98 Å². The summed E-state index contributed by atoms with van der Waals surface area (Å²) < 4.78 is 0. The molecule has 4 rings (SSSR count). The molecule has 3 aromatic rings. The van der Waals surface area contributed by atoms with Crippen molar-refractivity contribution in [2.75, 3.05) is 0 Å². The minimum Gasteiger partial charge on any atom is -0.366 e. The second kappa shape index (κ2) is 5.76. The van der Waals surface area contributed by atoms with Crippen molar-refractivity contribution in [2.45, 2.75) is 31.8 Å². The lowest BCUT2D eigenvalue weighted by Gasteiger charge is -2.13. The van der Waals surface area contributed by atoms with E-state index in [2.05, 4.69) is 46.5 Å². The fraction of sp³-hybridized carbons (Fsp3) is 0.263. The Hall–Kier alpha value is -2.66. The van der Waals surface area contributed by atoms with Gasteiger partial charge in [-0.15, -0.1) is 0 Å². The van der Waals surface area contributed by atoms with E-state index in [0.29, 0.717) is 23.2 Å². The molecule has 5 nitrogen and oxygen atoms in total. The fourth-order valence-electron chi connectivity index (χ4n) is 3.00. The number of nitrogens with one attached hydrogen (secondary N) is 2. The number of hydrogen-bond acceptors (Lipinski definition) is 3. The zero-order valence-electron chi connectivity index (χ0n) is 13.5. The first-order chi connectivity index (χ1) is 11.6. The molecule has 5 heteroatoms. The van der Waals surface area contributed by atoms with Crippen molar-refractivity contribution in [1.29, 1.82) is 0 Å². The molecule has 0 saturated heterocycles. The molecule has 0 radical (unpaired) electrons. The molecule has 0 aliphatic heterocycles. The molecule has 4 N–H and O–H groups in total. The number of imidazole rings is 1. The van der Waals surface area contributed by atoms with Crippen LogP contribution in [0.3, 0.4) is 0 Å². The number of aromatic amines is 1. The average molecular weight is 320 g/mol. The van der Waals surface area contributed by atoms with E-state index in [-0.39, 0.29) is 0 Å². The normalized spacial score (nSPS) is 15.5. The number of fused-ring (bicyclic) bond motifs is 1. The van der Waals surface area contributed by atoms with Crippen LogP contribution in [0.5, 0.6) is 0 Å². The maximum atomic E-state index is 11.5. The molecule has 24 heavy (non-hydrogen) atoms. The molecule has 2 aromatic carbocycles. The van der Waals surface area contributed by atoms with E-state index in [9.17, 15) is 4.79 Å². The van der Waals surface area contributed by atoms with Crippen molar-refractivity contribution in [3.05, 3.63) is 53.6 Å². The first-order valence-electron chi connectivity index (χ1n) is 8.27. The Morgan fingerprint density at radius 2 is 2.00 bits per heavy atom. The van der Waals surface area contributed by atoms with Crippen LogP contribution in [0.1, 0.15) is 41.7 Å². The Kier molecular flexibility index (Phi) is 3.58. The van der Waals surface area contributed by atoms with Crippen molar-refractivity contribution < 1.29 is 4.79 Å². The number of para-hydroxylation sites is 1. The molecule has 1 saturated carbocycles. The van der Waals surface area contributed by atoms with Gasteiger partial charge in [-0.1, -0.05) is 30.3 Å². The third kappa shape index (κ3) is 2.78. The Morgan fingerprint density at radius 1 is 1.25 bits per heavy atom. The minimum absolute atomic E-state index is 0.351. The number of benzene rings is 2. The fourth-order valence-corrected chi connectivity index (χ4v) is 3.00. The lowest BCUT2D eigenvalue weighted by atomic mass is 10.1. The van der Waals surface area contributed by atoms with Crippen molar-refractivity contribution >= 4 is 16.9 Å². The molecule has 122 valence electrons. The first kappa shape index (κ1) is 14.9. The zero-order valence-corrected chi connectivity index (χ0v) is 13.5. The van der Waals surface area contributed by atoms with E-state index >= 15 is 0 Å². The summed E-state index contributed by atoms with van der Waals surface area (Å²) in [5.74, 6) is 0.280. The summed E-state index contributed by atoms with van der Waals surface area (Å²) in [4.78, 5) is 19.4. The van der Waals surface area contributed by atoms with E-state index in [0.717, 1.165) is 16.9 Å². The number of nitrogens with two attached hydrogens (primary N) is 1. The van der Waals surface area contributed by atoms with E-state index in [1.165, 1.54) is 18.4 Å². The van der Waals surface area contributed by atoms with Gasteiger partial charge in [0.05, 0.1) is 11.1 Å². The highest BCUT2D eigenvalue weighted by molar-refractivity contribution is 6.04. The molecular weight excluding hydrogens is 300 g/mol. The van der Waals surface area contributed by atoms with Gasteiger partial charge in [0, 0.05) is 17.6 Å². The van der Waals surface area contributed by atoms with E-state index in [1.807, 2.05) is 6.07 Å². The number of rotatable bonds is 5. The number of carbonyl (C=O) groups is 1. The number of carbonyl (C=O) groups excluding carboxylic acids is 1. The molecule has 1 unspecified atom stereocenters. The molecule has 0 bridgehead atoms. The average Bonchev–Trinajstić information content (AvgIpc) is 3.28. The first-order valence-corrected chi connectivity index (χ1v) is 8.27. The standard InChI is InChI=1S/C19H20N4O/c1-11(21-14-9-10-14)12-5-7-13(8-6-12)19-22-16-4-2-3-15(18(20)24)17(16)23-19/h2-8,11,14,21H,9-10H2,1H3,(H2,20,24)(H,22,23). The summed E-state index contributed by atoms with van der Waals surface area (Å²) in [6, 6.07) is 14.8. The molecule has 1 aromatic heterocycles. The second-order valence-electron chi connectivity index (χ2n) is 6.44. The van der Waals surface area contributed by atoms with Gasteiger partial charge in [0.25, 0.3) is 5.91 Å². The van der Waals surface area contributed by atoms with Crippen molar-refractivity contribution in [2.24, 2.45) is 5.73 Å². The van der Waals surface area contributed by atoms with Gasteiger partial charge in [-0.3, -0.25) is 4.79 Å². The number of nitrogens with zero attached hydrogens (tertiary/aromatic N) is 1. The van der Waals surface area contributed by atoms with E-state index in [1.54, 1.807) is 12.1 Å². The van der Waals surface area contributed by atoms with Gasteiger partial charge < -0.3 is 16.0 Å². The monoisotopic (exact) mass is 320 g/mol. The van der Waals surface area contributed by atoms with Gasteiger partial charge in [0.15, 0.2) is 0 Å². The molecule has 1 atom stereocenters. The molecule has 1 aliphatic rings. The van der Waals surface area contributed by atoms with E-state index < -0.39 is 5.91 Å². The van der Waals surface area contributed by atoms with Crippen LogP contribution in [0.4, 0.5) is 0 Å². The predicted octanol–water partition coefficient (Wildman–Crippen LogP) is 3.14. The third-order valence-electron chi connectivity index (χ3n) is 4.53. The molecule has 1 fully saturated rings. The molecule has 0 spiro atoms. The highest BCUT2D eigenvalue weighted by atomic mass is 16.1. The smallest absolute Gasteiger partial charge is 0.250 e. The molecule has 1 aliphatic carbocycles. The zero-order chi connectivity index (χ0) is 16.7. The Morgan fingerprint density at radius 3 is 2.67 bits per heavy atom. The summed E-state index contributed by atoms with van der Waals surface area (Å²) in [6.45, 7) is 2.19. The largest absolute Gasteiger partial charge is 0.366 e. The van der Waals surface area contributed by atoms with Crippen LogP contribution in [0, 0.1) is 0 Å². The number of H-pyrrole nitrogens is 1. The molecule has 1 heterocycles. The van der Waals surface area contributed by atoms with Crippen LogP contribution in [-0.4, -0.2) is 21.9 Å². The highest BCUT2D eigenvalue weighted by Gasteiger charge is 2.23. The SMILES string of the molecule is CC(NC1CC1)c1ccc(-c2nc3c(C(N)=O)cccc3[nH]2)cc1. The second-order valence-corrected chi connectivity index (χ2v) is 6.44. The predicted molar refractivity (Wildman–Crippen MR) is 94.6 cm³/mol. The van der Waals surface area contributed by atoms with Gasteiger partial charge in [0.1, 0.15) is 11.3 Å². The van der Waals surface area contributed by atoms with Crippen molar-refractivity contribution in [1.82, 2.24) is 15.3 Å². The van der Waals surface area contributed by atoms with Gasteiger partial charge in [-0.2, -0.15) is 0 Å². The van der Waals surface area contributed by atoms with Crippen LogP contribution in [0.25, 0.3) is 22.4 Å². The van der Waals surface area contributed by atoms with Crippen LogP contribution in [-0.2, 0) is 0 Å². The summed E-state index contributed by atoms with van der Waals surface area (Å²) in [5, 5.41) is 3.60. The Bertz CT molecular complexity index is 893. The lowest BCUT2D eigenvalue weighted by molar-refractivity contribution is 0.100. The highest BCUT2D eigenvalue weighted by Crippen LogP contribution is 2.26. The number of amides is 1. The van der Waals surface area contributed by atoms with Crippen molar-refractivity contribution in [3.8, 4) is 11.4 Å². The third-order valence-corrected chi connectivity index (χ3v) is 4.53. The summed E-state index contributed by atoms with van der Waals surface area (Å²) in [6.07, 6.45) is 2.56. The van der Waals surface area contributed by atoms with Gasteiger partial charge in [0.2, 0.25) is 0 Å². The summed E-state index contributed by atoms with van der Waals surface area (Å²) >= 11 is 0. The van der Waals surface area contributed by atoms with Crippen LogP contribution in [0.2, 0.25) is 0 Å². The topological polar surface area (TPSA) is 83.8 Å². The quantitative estimate of drug-likeness (QED) is 0.675. The molecule has 1 amide bonds. The minimum atomic E-state index is -0.464. The van der Waals surface area contributed by atoms with E-state index in [4.69, 9.17) is 5.73 Å². The lowest BCUT2D eigenvalue weighted by Crippen LogP contribution is -2.20. The number of primary amides is 1. The van der Waals surface area contributed by atoms with Gasteiger partial charge >= 0.3 is 0 Å². The van der Waals surface area contributed by atoms with Gasteiger partial charge in [-0.05, 0) is 37.5 Å². The molecular formula is C19H20N4O. The van der Waals surface area contributed by atoms with Crippen LogP contribution in [0.15, 0.2) is 42.5 Å². The Labute approximate surface area is 140 Å². The number of hydrogen-bond donors (Lipinski definition) is 3. The summed E-state index contributed by atoms with van der Waals surface area (Å²) in [5.41, 5.74) is 9.55. The number of aromatic nitrogens is 2. The summed E-state index contributed by atoms with van der Waals surface area (Å²) in [7, 11) is 0.